The first-order valence-corrected chi connectivity index (χ1v) is 8.37. The maximum absolute atomic E-state index is 12.0. The van der Waals surface area contributed by atoms with E-state index in [1.54, 1.807) is 11.0 Å². The summed E-state index contributed by atoms with van der Waals surface area (Å²) in [5.41, 5.74) is 0.891. The Morgan fingerprint density at radius 3 is 2.81 bits per heavy atom. The van der Waals surface area contributed by atoms with Crippen LogP contribution in [0.2, 0.25) is 0 Å². The van der Waals surface area contributed by atoms with Crippen LogP contribution in [0.15, 0.2) is 47.5 Å². The van der Waals surface area contributed by atoms with Gasteiger partial charge in [0.2, 0.25) is 11.7 Å². The normalized spacial score (nSPS) is 13.2. The number of amides is 2. The Bertz CT molecular complexity index is 817. The summed E-state index contributed by atoms with van der Waals surface area (Å²) >= 11 is 0. The first-order chi connectivity index (χ1) is 12.6. The fourth-order valence-electron chi connectivity index (χ4n) is 2.40. The molecule has 2 N–H and O–H groups in total. The van der Waals surface area contributed by atoms with Gasteiger partial charge in [0.05, 0.1) is 12.5 Å². The molecule has 26 heavy (non-hydrogen) atoms. The van der Waals surface area contributed by atoms with Gasteiger partial charge >= 0.3 is 6.03 Å². The molecule has 136 valence electrons. The van der Waals surface area contributed by atoms with Gasteiger partial charge < -0.3 is 15.2 Å². The lowest BCUT2D eigenvalue weighted by atomic mass is 10.2. The van der Waals surface area contributed by atoms with E-state index in [0.717, 1.165) is 5.56 Å². The summed E-state index contributed by atoms with van der Waals surface area (Å²) in [6, 6.07) is 9.26. The van der Waals surface area contributed by atoms with E-state index in [4.69, 9.17) is 4.52 Å². The van der Waals surface area contributed by atoms with Crippen molar-refractivity contribution in [2.45, 2.75) is 32.4 Å². The van der Waals surface area contributed by atoms with Crippen LogP contribution in [0.5, 0.6) is 0 Å². The summed E-state index contributed by atoms with van der Waals surface area (Å²) in [7, 11) is 0. The van der Waals surface area contributed by atoms with Crippen molar-refractivity contribution in [3.8, 4) is 11.4 Å². The second-order valence-corrected chi connectivity index (χ2v) is 6.10. The number of rotatable bonds is 7. The minimum atomic E-state index is -0.257. The van der Waals surface area contributed by atoms with Gasteiger partial charge in [-0.05, 0) is 6.92 Å². The number of nitrogens with zero attached hydrogens (tertiary/aromatic N) is 5. The minimum Gasteiger partial charge on any atom is -0.339 e. The number of aromatic nitrogens is 5. The Labute approximate surface area is 150 Å². The molecule has 0 bridgehead atoms. The molecule has 2 amide bonds. The van der Waals surface area contributed by atoms with Gasteiger partial charge in [-0.3, -0.25) is 4.68 Å². The molecule has 0 fully saturated rings. The van der Waals surface area contributed by atoms with E-state index < -0.39 is 0 Å². The van der Waals surface area contributed by atoms with Gasteiger partial charge in [-0.15, -0.1) is 0 Å². The molecule has 2 heterocycles. The zero-order chi connectivity index (χ0) is 18.4. The summed E-state index contributed by atoms with van der Waals surface area (Å²) in [6.07, 6.45) is 3.07. The summed E-state index contributed by atoms with van der Waals surface area (Å²) in [5, 5.41) is 13.7. The second-order valence-electron chi connectivity index (χ2n) is 6.10. The molecule has 2 aromatic heterocycles. The van der Waals surface area contributed by atoms with E-state index in [1.165, 1.54) is 6.33 Å². The third-order valence-corrected chi connectivity index (χ3v) is 3.77. The molecule has 2 unspecified atom stereocenters. The molecule has 3 rings (SSSR count). The molecule has 0 spiro atoms. The molecule has 9 heteroatoms. The van der Waals surface area contributed by atoms with Crippen molar-refractivity contribution in [3.05, 3.63) is 48.9 Å². The molecule has 0 saturated carbocycles. The van der Waals surface area contributed by atoms with Crippen LogP contribution in [0.4, 0.5) is 4.79 Å². The molecule has 0 radical (unpaired) electrons. The largest absolute Gasteiger partial charge is 0.339 e. The molecular formula is C17H21N7O2. The number of nitrogens with one attached hydrogen (secondary N) is 2. The number of urea groups is 1. The Kier molecular flexibility index (Phi) is 5.57. The topological polar surface area (TPSA) is 111 Å². The van der Waals surface area contributed by atoms with Crippen LogP contribution in [0.3, 0.4) is 0 Å². The first kappa shape index (κ1) is 17.6. The van der Waals surface area contributed by atoms with Gasteiger partial charge in [-0.25, -0.2) is 9.78 Å². The molecule has 0 saturated heterocycles. The van der Waals surface area contributed by atoms with Gasteiger partial charge in [0, 0.05) is 18.2 Å². The molecule has 0 aliphatic heterocycles. The van der Waals surface area contributed by atoms with Crippen molar-refractivity contribution < 1.29 is 9.32 Å². The van der Waals surface area contributed by atoms with Crippen LogP contribution in [0.25, 0.3) is 11.4 Å². The molecule has 9 nitrogen and oxygen atoms in total. The van der Waals surface area contributed by atoms with Gasteiger partial charge in [-0.2, -0.15) is 10.1 Å². The number of benzene rings is 1. The molecular weight excluding hydrogens is 334 g/mol. The van der Waals surface area contributed by atoms with Gasteiger partial charge in [0.15, 0.2) is 0 Å². The Morgan fingerprint density at radius 2 is 2.08 bits per heavy atom. The average Bonchev–Trinajstić information content (AvgIpc) is 3.32. The van der Waals surface area contributed by atoms with Crippen molar-refractivity contribution in [3.63, 3.8) is 0 Å². The summed E-state index contributed by atoms with van der Waals surface area (Å²) < 4.78 is 6.98. The van der Waals surface area contributed by atoms with E-state index in [-0.39, 0.29) is 18.0 Å². The highest BCUT2D eigenvalue weighted by atomic mass is 16.5. The molecule has 0 aliphatic rings. The van der Waals surface area contributed by atoms with Crippen molar-refractivity contribution in [1.82, 2.24) is 35.5 Å². The third-order valence-electron chi connectivity index (χ3n) is 3.77. The standard InChI is InChI=1S/C17H21N7O2/c1-12(16-22-15(23-26-16)14-6-4-3-5-7-14)8-19-17(25)21-13(2)9-24-11-18-10-20-24/h3-7,10-13H,8-9H2,1-2H3,(H2,19,21,25). The average molecular weight is 355 g/mol. The van der Waals surface area contributed by atoms with Crippen LogP contribution >= 0.6 is 0 Å². The number of carbonyl (C=O) groups excluding carboxylic acids is 1. The maximum Gasteiger partial charge on any atom is 0.315 e. The smallest absolute Gasteiger partial charge is 0.315 e. The second kappa shape index (κ2) is 8.24. The zero-order valence-electron chi connectivity index (χ0n) is 14.7. The van der Waals surface area contributed by atoms with Crippen molar-refractivity contribution in [2.24, 2.45) is 0 Å². The summed E-state index contributed by atoms with van der Waals surface area (Å²) in [4.78, 5) is 20.3. The molecule has 0 aliphatic carbocycles. The lowest BCUT2D eigenvalue weighted by Crippen LogP contribution is -2.43. The van der Waals surface area contributed by atoms with E-state index in [9.17, 15) is 4.79 Å². The van der Waals surface area contributed by atoms with Crippen LogP contribution in [0.1, 0.15) is 25.7 Å². The van der Waals surface area contributed by atoms with E-state index in [0.29, 0.717) is 24.8 Å². The molecule has 3 aromatic rings. The van der Waals surface area contributed by atoms with Crippen LogP contribution in [-0.2, 0) is 6.54 Å². The molecule has 2 atom stereocenters. The highest BCUT2D eigenvalue weighted by molar-refractivity contribution is 5.74. The number of hydrogen-bond donors (Lipinski definition) is 2. The maximum atomic E-state index is 12.0. The van der Waals surface area contributed by atoms with E-state index in [2.05, 4.69) is 30.9 Å². The fourth-order valence-corrected chi connectivity index (χ4v) is 2.40. The number of hydrogen-bond acceptors (Lipinski definition) is 6. The highest BCUT2D eigenvalue weighted by Gasteiger charge is 2.16. The highest BCUT2D eigenvalue weighted by Crippen LogP contribution is 2.18. The van der Waals surface area contributed by atoms with Gasteiger partial charge in [0.25, 0.3) is 0 Å². The third kappa shape index (κ3) is 4.65. The Hall–Kier alpha value is -3.23. The van der Waals surface area contributed by atoms with Crippen LogP contribution in [-0.4, -0.2) is 43.5 Å². The first-order valence-electron chi connectivity index (χ1n) is 8.37. The quantitative estimate of drug-likeness (QED) is 0.669. The van der Waals surface area contributed by atoms with Crippen molar-refractivity contribution in [1.29, 1.82) is 0 Å². The number of carbonyl (C=O) groups is 1. The monoisotopic (exact) mass is 355 g/mol. The lowest BCUT2D eigenvalue weighted by molar-refractivity contribution is 0.235. The zero-order valence-corrected chi connectivity index (χ0v) is 14.7. The summed E-state index contributed by atoms with van der Waals surface area (Å²) in [5.74, 6) is 0.925. The minimum absolute atomic E-state index is 0.0832. The van der Waals surface area contributed by atoms with Gasteiger partial charge in [-0.1, -0.05) is 42.4 Å². The van der Waals surface area contributed by atoms with Crippen molar-refractivity contribution >= 4 is 6.03 Å². The fraction of sp³-hybridized carbons (Fsp3) is 0.353. The van der Waals surface area contributed by atoms with Gasteiger partial charge in [0.1, 0.15) is 12.7 Å². The summed E-state index contributed by atoms with van der Waals surface area (Å²) in [6.45, 7) is 4.75. The predicted octanol–water partition coefficient (Wildman–Crippen LogP) is 1.82. The van der Waals surface area contributed by atoms with Crippen LogP contribution < -0.4 is 10.6 Å². The SMILES string of the molecule is CC(Cn1cncn1)NC(=O)NCC(C)c1nc(-c2ccccc2)no1. The Balaban J connectivity index is 1.47. The Morgan fingerprint density at radius 1 is 1.27 bits per heavy atom. The van der Waals surface area contributed by atoms with Crippen LogP contribution in [0, 0.1) is 0 Å². The van der Waals surface area contributed by atoms with Crippen molar-refractivity contribution in [2.75, 3.05) is 6.54 Å². The van der Waals surface area contributed by atoms with E-state index in [1.807, 2.05) is 44.2 Å². The molecule has 1 aromatic carbocycles. The lowest BCUT2D eigenvalue weighted by Gasteiger charge is -2.15. The van der Waals surface area contributed by atoms with E-state index >= 15 is 0 Å². The predicted molar refractivity (Wildman–Crippen MR) is 94.2 cm³/mol.